The van der Waals surface area contributed by atoms with Crippen molar-refractivity contribution >= 4 is 41.1 Å². The zero-order valence-corrected chi connectivity index (χ0v) is 34.5. The van der Waals surface area contributed by atoms with E-state index in [-0.39, 0.29) is 36.5 Å². The third kappa shape index (κ3) is 12.3. The van der Waals surface area contributed by atoms with E-state index in [1.54, 1.807) is 25.1 Å². The fourth-order valence-electron chi connectivity index (χ4n) is 6.74. The molecule has 4 N–H and O–H groups in total. The van der Waals surface area contributed by atoms with Gasteiger partial charge in [0.25, 0.3) is 0 Å². The predicted molar refractivity (Wildman–Crippen MR) is 234 cm³/mol. The van der Waals surface area contributed by atoms with E-state index in [2.05, 4.69) is 38.8 Å². The van der Waals surface area contributed by atoms with E-state index in [0.29, 0.717) is 6.61 Å². The number of nitrogens with zero attached hydrogens (tertiary/aromatic N) is 2. The molecule has 6 aromatic rings. The minimum Gasteiger partial charge on any atom is -0.450 e. The van der Waals surface area contributed by atoms with Crippen LogP contribution in [0.3, 0.4) is 0 Å². The first-order chi connectivity index (χ1) is 29.1. The fraction of sp³-hybridized carbons (Fsp3) is 0.250. The third-order valence-corrected chi connectivity index (χ3v) is 9.57. The number of anilines is 1. The van der Waals surface area contributed by atoms with E-state index in [4.69, 9.17) is 14.2 Å². The number of aromatic amines is 1. The zero-order chi connectivity index (χ0) is 42.9. The number of alkyl carbamates (subject to hydrolysis) is 2. The number of carbonyl (C=O) groups is 3. The SMILES string of the molecule is C/C=C/c1ccccc1.CCOC(=O)N[C@@H](c1ccccc1)[C@H](C)O.C[C@@H]1OC(=O)N(c2ccc3nc[nH]c3c2)[C@H]1c1ccccc1.C[C@@H]1OC(=O)N[C@H]1c1ccccc1. The Morgan fingerprint density at radius 3 is 2.02 bits per heavy atom. The van der Waals surface area contributed by atoms with Crippen molar-refractivity contribution in [3.05, 3.63) is 174 Å². The minimum atomic E-state index is -0.674. The van der Waals surface area contributed by atoms with Crippen LogP contribution in [-0.2, 0) is 14.2 Å². The first kappa shape index (κ1) is 44.2. The maximum absolute atomic E-state index is 12.3. The number of aromatic nitrogens is 2. The molecule has 0 radical (unpaired) electrons. The number of ether oxygens (including phenoxy) is 3. The molecule has 3 amide bonds. The van der Waals surface area contributed by atoms with Crippen molar-refractivity contribution in [2.45, 2.75) is 71.1 Å². The summed E-state index contributed by atoms with van der Waals surface area (Å²) in [6.45, 7) is 9.50. The Morgan fingerprint density at radius 1 is 0.850 bits per heavy atom. The molecule has 0 saturated carbocycles. The van der Waals surface area contributed by atoms with Crippen molar-refractivity contribution in [1.29, 1.82) is 0 Å². The monoisotopic (exact) mass is 811 g/mol. The van der Waals surface area contributed by atoms with Gasteiger partial charge >= 0.3 is 18.3 Å². The van der Waals surface area contributed by atoms with Gasteiger partial charge in [0.1, 0.15) is 18.2 Å². The fourth-order valence-corrected chi connectivity index (χ4v) is 6.74. The van der Waals surface area contributed by atoms with Crippen molar-refractivity contribution in [3.63, 3.8) is 0 Å². The standard InChI is InChI=1S/C17H15N3O2.C12H17NO3.C10H11NO2.C9H10/c1-11-16(12-5-3-2-4-6-12)20(17(21)22-11)13-7-8-14-15(9-13)19-10-18-14;1-3-16-12(15)13-11(9(2)14)10-7-5-4-6-8-10;1-7-9(11-10(12)13-7)8-5-3-2-4-6-8;1-2-6-9-7-4-3-5-8-9/h2-11,16H,1H3,(H,18,19);4-9,11,14H,3H2,1-2H3,(H,13,15);2-7,9H,1H3,(H,11,12);2-8H,1H3/b;;;6-2+/t11-,16+;9-,11+;7-,9+;/m000./s1. The van der Waals surface area contributed by atoms with Crippen LogP contribution in [0.25, 0.3) is 17.1 Å². The van der Waals surface area contributed by atoms with Gasteiger partial charge in [-0.2, -0.15) is 0 Å². The highest BCUT2D eigenvalue weighted by molar-refractivity contribution is 5.93. The number of aliphatic hydroxyl groups excluding tert-OH is 1. The van der Waals surface area contributed by atoms with Crippen LogP contribution in [0.5, 0.6) is 0 Å². The van der Waals surface area contributed by atoms with Gasteiger partial charge in [-0.1, -0.05) is 133 Å². The van der Waals surface area contributed by atoms with E-state index >= 15 is 0 Å². The number of amides is 3. The molecule has 0 aliphatic carbocycles. The summed E-state index contributed by atoms with van der Waals surface area (Å²) in [7, 11) is 0. The van der Waals surface area contributed by atoms with Crippen molar-refractivity contribution < 1.29 is 33.7 Å². The van der Waals surface area contributed by atoms with Crippen LogP contribution in [0.1, 0.15) is 75.0 Å². The second-order valence-corrected chi connectivity index (χ2v) is 14.0. The van der Waals surface area contributed by atoms with Gasteiger partial charge in [0.15, 0.2) is 0 Å². The summed E-state index contributed by atoms with van der Waals surface area (Å²) < 4.78 is 15.2. The maximum Gasteiger partial charge on any atom is 0.415 e. The van der Waals surface area contributed by atoms with E-state index in [1.807, 2.05) is 154 Å². The number of hydrogen-bond acceptors (Lipinski definition) is 8. The lowest BCUT2D eigenvalue weighted by molar-refractivity contribution is 0.116. The van der Waals surface area contributed by atoms with Crippen molar-refractivity contribution in [2.24, 2.45) is 0 Å². The first-order valence-electron chi connectivity index (χ1n) is 19.9. The summed E-state index contributed by atoms with van der Waals surface area (Å²) in [5.41, 5.74) is 6.84. The quantitative estimate of drug-likeness (QED) is 0.111. The van der Waals surface area contributed by atoms with Gasteiger partial charge in [0.05, 0.1) is 47.8 Å². The zero-order valence-electron chi connectivity index (χ0n) is 34.5. The summed E-state index contributed by atoms with van der Waals surface area (Å²) in [5, 5.41) is 15.0. The number of carbonyl (C=O) groups excluding carboxylic acids is 3. The molecule has 60 heavy (non-hydrogen) atoms. The highest BCUT2D eigenvalue weighted by atomic mass is 16.6. The molecule has 8 rings (SSSR count). The Hall–Kier alpha value is -6.92. The van der Waals surface area contributed by atoms with E-state index in [1.165, 1.54) is 5.56 Å². The molecule has 2 saturated heterocycles. The summed E-state index contributed by atoms with van der Waals surface area (Å²) >= 11 is 0. The largest absolute Gasteiger partial charge is 0.450 e. The van der Waals surface area contributed by atoms with Gasteiger partial charge in [-0.3, -0.25) is 4.90 Å². The van der Waals surface area contributed by atoms with Gasteiger partial charge in [-0.05, 0) is 75.1 Å². The molecule has 1 aromatic heterocycles. The van der Waals surface area contributed by atoms with Gasteiger partial charge < -0.3 is 34.9 Å². The molecule has 0 bridgehead atoms. The maximum atomic E-state index is 12.3. The molecule has 312 valence electrons. The Balaban J connectivity index is 0.000000160. The molecule has 6 atom stereocenters. The molecule has 3 heterocycles. The Labute approximate surface area is 351 Å². The molecule has 12 heteroatoms. The lowest BCUT2D eigenvalue weighted by atomic mass is 10.0. The molecule has 2 fully saturated rings. The van der Waals surface area contributed by atoms with Crippen molar-refractivity contribution in [1.82, 2.24) is 20.6 Å². The Bertz CT molecular complexity index is 2250. The van der Waals surface area contributed by atoms with Gasteiger partial charge in [-0.25, -0.2) is 19.4 Å². The number of allylic oxidation sites excluding steroid dienone is 1. The number of H-pyrrole nitrogens is 1. The van der Waals surface area contributed by atoms with E-state index in [0.717, 1.165) is 33.4 Å². The van der Waals surface area contributed by atoms with E-state index < -0.39 is 18.2 Å². The van der Waals surface area contributed by atoms with Crippen LogP contribution < -0.4 is 15.5 Å². The van der Waals surface area contributed by atoms with Crippen LogP contribution in [0, 0.1) is 0 Å². The number of hydrogen-bond donors (Lipinski definition) is 4. The van der Waals surface area contributed by atoms with Crippen molar-refractivity contribution in [3.8, 4) is 0 Å². The average Bonchev–Trinajstić information content (AvgIpc) is 3.96. The number of fused-ring (bicyclic) bond motifs is 1. The van der Waals surface area contributed by atoms with Crippen LogP contribution >= 0.6 is 0 Å². The van der Waals surface area contributed by atoms with Crippen LogP contribution in [-0.4, -0.2) is 58.3 Å². The Kier molecular flexibility index (Phi) is 16.4. The third-order valence-electron chi connectivity index (χ3n) is 9.57. The number of imidazole rings is 1. The topological polar surface area (TPSA) is 155 Å². The first-order valence-corrected chi connectivity index (χ1v) is 19.9. The molecule has 0 unspecified atom stereocenters. The summed E-state index contributed by atoms with van der Waals surface area (Å²) in [6.07, 6.45) is 3.64. The van der Waals surface area contributed by atoms with E-state index in [9.17, 15) is 19.5 Å². The Morgan fingerprint density at radius 2 is 1.45 bits per heavy atom. The molecule has 0 spiro atoms. The van der Waals surface area contributed by atoms with Crippen molar-refractivity contribution in [2.75, 3.05) is 11.5 Å². The molecular formula is C48H53N5O7. The summed E-state index contributed by atoms with van der Waals surface area (Å²) in [6, 6.07) is 44.5. The normalized spacial score (nSPS) is 18.9. The predicted octanol–water partition coefficient (Wildman–Crippen LogP) is 10.1. The summed E-state index contributed by atoms with van der Waals surface area (Å²) in [5.74, 6) is 0. The van der Waals surface area contributed by atoms with Gasteiger partial charge in [0, 0.05) is 0 Å². The number of benzene rings is 5. The second-order valence-electron chi connectivity index (χ2n) is 14.0. The number of nitrogens with one attached hydrogen (secondary N) is 3. The second kappa shape index (κ2) is 22.3. The van der Waals surface area contributed by atoms with Crippen LogP contribution in [0.2, 0.25) is 0 Å². The van der Waals surface area contributed by atoms with Crippen LogP contribution in [0.15, 0.2) is 152 Å². The highest BCUT2D eigenvalue weighted by Gasteiger charge is 2.41. The number of rotatable bonds is 8. The lowest BCUT2D eigenvalue weighted by Crippen LogP contribution is -2.35. The van der Waals surface area contributed by atoms with Gasteiger partial charge in [0.2, 0.25) is 0 Å². The minimum absolute atomic E-state index is 0.00583. The molecule has 2 aliphatic heterocycles. The molecule has 5 aromatic carbocycles. The lowest BCUT2D eigenvalue weighted by Gasteiger charge is -2.23. The molecule has 12 nitrogen and oxygen atoms in total. The van der Waals surface area contributed by atoms with Gasteiger partial charge in [-0.15, -0.1) is 0 Å². The van der Waals surface area contributed by atoms with Crippen LogP contribution in [0.4, 0.5) is 20.1 Å². The number of aliphatic hydroxyl groups is 1. The summed E-state index contributed by atoms with van der Waals surface area (Å²) in [4.78, 5) is 43.5. The molecular weight excluding hydrogens is 759 g/mol. The number of cyclic esters (lactones) is 2. The smallest absolute Gasteiger partial charge is 0.415 e. The highest BCUT2D eigenvalue weighted by Crippen LogP contribution is 2.38. The molecule has 2 aliphatic rings. The average molecular weight is 812 g/mol.